The standard InChI is InChI=1S/C16H15NO5/c1-20-10-14(16(19)21-2)13-7-4-8-17-15(13)22-12-6-3-5-11(18)9-12/h3-10,18H,1-2H3. The fraction of sp³-hybridized carbons (Fsp3) is 0.125. The first-order valence-corrected chi connectivity index (χ1v) is 6.39. The van der Waals surface area contributed by atoms with E-state index in [0.717, 1.165) is 0 Å². The second-order valence-electron chi connectivity index (χ2n) is 4.21. The number of aromatic nitrogens is 1. The summed E-state index contributed by atoms with van der Waals surface area (Å²) in [5.41, 5.74) is 0.591. The molecule has 0 amide bonds. The molecule has 0 radical (unpaired) electrons. The smallest absolute Gasteiger partial charge is 0.341 e. The number of carbonyl (C=O) groups is 1. The van der Waals surface area contributed by atoms with Crippen LogP contribution in [0.3, 0.4) is 0 Å². The molecule has 114 valence electrons. The van der Waals surface area contributed by atoms with Crippen molar-refractivity contribution < 1.29 is 24.1 Å². The number of esters is 1. The number of aromatic hydroxyl groups is 1. The van der Waals surface area contributed by atoms with Gasteiger partial charge in [0.05, 0.1) is 26.0 Å². The molecule has 0 bridgehead atoms. The van der Waals surface area contributed by atoms with Gasteiger partial charge in [-0.1, -0.05) is 6.07 Å². The molecule has 0 aliphatic heterocycles. The molecule has 0 aliphatic carbocycles. The van der Waals surface area contributed by atoms with Gasteiger partial charge >= 0.3 is 5.97 Å². The minimum absolute atomic E-state index is 0.0654. The number of benzene rings is 1. The van der Waals surface area contributed by atoms with Crippen molar-refractivity contribution in [3.63, 3.8) is 0 Å². The number of phenols is 1. The van der Waals surface area contributed by atoms with E-state index >= 15 is 0 Å². The van der Waals surface area contributed by atoms with Crippen LogP contribution in [0, 0.1) is 0 Å². The zero-order valence-corrected chi connectivity index (χ0v) is 12.1. The number of carbonyl (C=O) groups excluding carboxylic acids is 1. The fourth-order valence-electron chi connectivity index (χ4n) is 1.79. The molecule has 22 heavy (non-hydrogen) atoms. The van der Waals surface area contributed by atoms with Crippen LogP contribution in [0.5, 0.6) is 17.4 Å². The molecular weight excluding hydrogens is 286 g/mol. The van der Waals surface area contributed by atoms with E-state index in [2.05, 4.69) is 4.98 Å². The summed E-state index contributed by atoms with van der Waals surface area (Å²) in [7, 11) is 2.70. The van der Waals surface area contributed by atoms with Crippen LogP contribution in [0.1, 0.15) is 5.56 Å². The number of hydrogen-bond acceptors (Lipinski definition) is 6. The maximum absolute atomic E-state index is 11.9. The Balaban J connectivity index is 2.41. The van der Waals surface area contributed by atoms with Crippen molar-refractivity contribution in [1.29, 1.82) is 0 Å². The molecule has 0 spiro atoms. The van der Waals surface area contributed by atoms with Crippen molar-refractivity contribution in [2.45, 2.75) is 0 Å². The molecule has 6 nitrogen and oxygen atoms in total. The Bertz CT molecular complexity index is 696. The molecule has 1 aromatic carbocycles. The highest BCUT2D eigenvalue weighted by Gasteiger charge is 2.19. The molecule has 0 unspecified atom stereocenters. The van der Waals surface area contributed by atoms with Crippen molar-refractivity contribution in [2.75, 3.05) is 14.2 Å². The largest absolute Gasteiger partial charge is 0.508 e. The first kappa shape index (κ1) is 15.4. The molecule has 0 saturated heterocycles. The van der Waals surface area contributed by atoms with Crippen molar-refractivity contribution in [2.24, 2.45) is 0 Å². The van der Waals surface area contributed by atoms with E-state index in [9.17, 15) is 9.90 Å². The van der Waals surface area contributed by atoms with E-state index in [-0.39, 0.29) is 17.2 Å². The molecule has 0 saturated carbocycles. The van der Waals surface area contributed by atoms with E-state index in [1.807, 2.05) is 0 Å². The predicted molar refractivity (Wildman–Crippen MR) is 79.4 cm³/mol. The summed E-state index contributed by atoms with van der Waals surface area (Å²) >= 11 is 0. The van der Waals surface area contributed by atoms with Gasteiger partial charge in [-0.15, -0.1) is 0 Å². The van der Waals surface area contributed by atoms with Crippen LogP contribution in [-0.2, 0) is 14.3 Å². The molecule has 6 heteroatoms. The lowest BCUT2D eigenvalue weighted by atomic mass is 10.1. The summed E-state index contributed by atoms with van der Waals surface area (Å²) in [6, 6.07) is 9.59. The maximum Gasteiger partial charge on any atom is 0.341 e. The number of methoxy groups -OCH3 is 2. The normalized spacial score (nSPS) is 10.9. The molecule has 1 N–H and O–H groups in total. The molecule has 2 aromatic rings. The summed E-state index contributed by atoms with van der Waals surface area (Å²) in [6.45, 7) is 0. The zero-order chi connectivity index (χ0) is 15.9. The van der Waals surface area contributed by atoms with Crippen LogP contribution < -0.4 is 4.74 Å². The van der Waals surface area contributed by atoms with Crippen LogP contribution in [0.25, 0.3) is 5.57 Å². The Labute approximate surface area is 127 Å². The predicted octanol–water partition coefficient (Wildman–Crippen LogP) is 2.74. The monoisotopic (exact) mass is 301 g/mol. The Morgan fingerprint density at radius 3 is 2.73 bits per heavy atom. The second-order valence-corrected chi connectivity index (χ2v) is 4.21. The highest BCUT2D eigenvalue weighted by Crippen LogP contribution is 2.30. The first-order chi connectivity index (χ1) is 10.7. The molecule has 0 fully saturated rings. The third-order valence-electron chi connectivity index (χ3n) is 2.73. The Morgan fingerprint density at radius 2 is 2.05 bits per heavy atom. The lowest BCUT2D eigenvalue weighted by Crippen LogP contribution is -2.06. The zero-order valence-electron chi connectivity index (χ0n) is 12.1. The Kier molecular flexibility index (Phi) is 4.98. The molecular formula is C16H15NO5. The van der Waals surface area contributed by atoms with Crippen molar-refractivity contribution in [3.05, 3.63) is 54.4 Å². The van der Waals surface area contributed by atoms with Gasteiger partial charge < -0.3 is 19.3 Å². The highest BCUT2D eigenvalue weighted by atomic mass is 16.5. The lowest BCUT2D eigenvalue weighted by Gasteiger charge is -2.11. The van der Waals surface area contributed by atoms with Crippen LogP contribution >= 0.6 is 0 Å². The van der Waals surface area contributed by atoms with Gasteiger partial charge in [-0.05, 0) is 24.3 Å². The van der Waals surface area contributed by atoms with Crippen LogP contribution in [-0.4, -0.2) is 30.3 Å². The third-order valence-corrected chi connectivity index (χ3v) is 2.73. The average molecular weight is 301 g/mol. The number of rotatable bonds is 5. The number of phenolic OH excluding ortho intramolecular Hbond substituents is 1. The summed E-state index contributed by atoms with van der Waals surface area (Å²) in [5.74, 6) is 0.0783. The van der Waals surface area contributed by atoms with Gasteiger partial charge in [-0.2, -0.15) is 0 Å². The minimum Gasteiger partial charge on any atom is -0.508 e. The van der Waals surface area contributed by atoms with Gasteiger partial charge in [0.25, 0.3) is 0 Å². The van der Waals surface area contributed by atoms with E-state index in [0.29, 0.717) is 11.3 Å². The number of nitrogens with zero attached hydrogens (tertiary/aromatic N) is 1. The Morgan fingerprint density at radius 1 is 1.23 bits per heavy atom. The van der Waals surface area contributed by atoms with Crippen molar-refractivity contribution in [1.82, 2.24) is 4.98 Å². The highest BCUT2D eigenvalue weighted by molar-refractivity contribution is 6.16. The van der Waals surface area contributed by atoms with Gasteiger partial charge in [0.15, 0.2) is 0 Å². The topological polar surface area (TPSA) is 77.9 Å². The van der Waals surface area contributed by atoms with Crippen LogP contribution in [0.4, 0.5) is 0 Å². The second kappa shape index (κ2) is 7.12. The van der Waals surface area contributed by atoms with E-state index in [1.54, 1.807) is 24.3 Å². The van der Waals surface area contributed by atoms with E-state index < -0.39 is 5.97 Å². The van der Waals surface area contributed by atoms with Gasteiger partial charge in [0.1, 0.15) is 17.1 Å². The minimum atomic E-state index is -0.574. The van der Waals surface area contributed by atoms with Gasteiger partial charge in [0, 0.05) is 12.3 Å². The number of pyridine rings is 1. The number of ether oxygens (including phenoxy) is 3. The van der Waals surface area contributed by atoms with Gasteiger partial charge in [-0.25, -0.2) is 9.78 Å². The fourth-order valence-corrected chi connectivity index (χ4v) is 1.79. The summed E-state index contributed by atoms with van der Waals surface area (Å²) < 4.78 is 15.3. The van der Waals surface area contributed by atoms with Gasteiger partial charge in [-0.3, -0.25) is 0 Å². The first-order valence-electron chi connectivity index (χ1n) is 6.39. The molecule has 0 atom stereocenters. The number of hydrogen-bond donors (Lipinski definition) is 1. The summed E-state index contributed by atoms with van der Waals surface area (Å²) in [4.78, 5) is 16.0. The molecule has 2 rings (SSSR count). The quantitative estimate of drug-likeness (QED) is 0.520. The summed E-state index contributed by atoms with van der Waals surface area (Å²) in [6.07, 6.45) is 2.79. The van der Waals surface area contributed by atoms with Crippen LogP contribution in [0.2, 0.25) is 0 Å². The van der Waals surface area contributed by atoms with Crippen molar-refractivity contribution >= 4 is 11.5 Å². The lowest BCUT2D eigenvalue weighted by molar-refractivity contribution is -0.133. The Hall–Kier alpha value is -3.02. The van der Waals surface area contributed by atoms with Gasteiger partial charge in [0.2, 0.25) is 5.88 Å². The molecule has 1 aromatic heterocycles. The van der Waals surface area contributed by atoms with Crippen LogP contribution in [0.15, 0.2) is 48.9 Å². The van der Waals surface area contributed by atoms with E-state index in [1.165, 1.54) is 38.8 Å². The molecule has 0 aliphatic rings. The third kappa shape index (κ3) is 3.54. The molecule has 1 heterocycles. The average Bonchev–Trinajstić information content (AvgIpc) is 2.53. The van der Waals surface area contributed by atoms with E-state index in [4.69, 9.17) is 14.2 Å². The SMILES string of the molecule is COC=C(C(=O)OC)c1cccnc1Oc1cccc(O)c1. The maximum atomic E-state index is 11.9. The van der Waals surface area contributed by atoms with Crippen molar-refractivity contribution in [3.8, 4) is 17.4 Å². The summed E-state index contributed by atoms with van der Waals surface area (Å²) in [5, 5.41) is 9.47.